The lowest BCUT2D eigenvalue weighted by atomic mass is 9.89. The van der Waals surface area contributed by atoms with Gasteiger partial charge in [0.25, 0.3) is 0 Å². The second kappa shape index (κ2) is 2.78. The third-order valence-electron chi connectivity index (χ3n) is 3.77. The van der Waals surface area contributed by atoms with Gasteiger partial charge in [-0.1, -0.05) is 13.3 Å². The zero-order valence-electron chi connectivity index (χ0n) is 7.71. The maximum absolute atomic E-state index is 2.62. The molecule has 2 bridgehead atoms. The van der Waals surface area contributed by atoms with Gasteiger partial charge < -0.3 is 4.90 Å². The third kappa shape index (κ3) is 1.20. The van der Waals surface area contributed by atoms with Crippen molar-refractivity contribution in [3.05, 3.63) is 0 Å². The van der Waals surface area contributed by atoms with Crippen molar-refractivity contribution in [3.8, 4) is 0 Å². The Morgan fingerprint density at radius 3 is 2.18 bits per heavy atom. The quantitative estimate of drug-likeness (QED) is 0.558. The minimum Gasteiger partial charge on any atom is -0.300 e. The molecule has 0 N–H and O–H groups in total. The lowest BCUT2D eigenvalue weighted by Gasteiger charge is -2.35. The van der Waals surface area contributed by atoms with Crippen LogP contribution in [0.25, 0.3) is 0 Å². The predicted octanol–water partition coefficient (Wildman–Crippen LogP) is 2.27. The highest BCUT2D eigenvalue weighted by molar-refractivity contribution is 4.92. The van der Waals surface area contributed by atoms with E-state index in [1.807, 2.05) is 0 Å². The first kappa shape index (κ1) is 7.60. The first-order chi connectivity index (χ1) is 5.31. The zero-order chi connectivity index (χ0) is 7.84. The average Bonchev–Trinajstić information content (AvgIpc) is 2.26. The fourth-order valence-corrected chi connectivity index (χ4v) is 2.86. The Hall–Kier alpha value is -0.0400. The van der Waals surface area contributed by atoms with E-state index in [4.69, 9.17) is 0 Å². The number of fused-ring (bicyclic) bond motifs is 2. The molecule has 1 heteroatoms. The van der Waals surface area contributed by atoms with Crippen molar-refractivity contribution in [1.82, 2.24) is 4.90 Å². The fraction of sp³-hybridized carbons (Fsp3) is 1.00. The number of hydrogen-bond donors (Lipinski definition) is 0. The molecular weight excluding hydrogens is 134 g/mol. The van der Waals surface area contributed by atoms with Crippen molar-refractivity contribution in [2.24, 2.45) is 5.92 Å². The highest BCUT2D eigenvalue weighted by atomic mass is 15.2. The van der Waals surface area contributed by atoms with Crippen LogP contribution in [0.2, 0.25) is 0 Å². The van der Waals surface area contributed by atoms with Crippen LogP contribution in [-0.2, 0) is 0 Å². The summed E-state index contributed by atoms with van der Waals surface area (Å²) in [6.45, 7) is 2.34. The Morgan fingerprint density at radius 2 is 1.73 bits per heavy atom. The van der Waals surface area contributed by atoms with E-state index in [1.54, 1.807) is 0 Å². The molecule has 0 radical (unpaired) electrons. The molecule has 0 unspecified atom stereocenters. The molecule has 0 saturated carbocycles. The minimum atomic E-state index is 0.943. The highest BCUT2D eigenvalue weighted by Gasteiger charge is 2.37. The van der Waals surface area contributed by atoms with Gasteiger partial charge in [0.2, 0.25) is 0 Å². The second-order valence-corrected chi connectivity index (χ2v) is 4.30. The molecule has 2 heterocycles. The standard InChI is InChI=1S/C10H19N/c1-3-8-6-9-4-5-10(7-8)11(9)2/h8-10H,3-7H2,1-2H3/t8-,9+,10-. The van der Waals surface area contributed by atoms with Crippen molar-refractivity contribution >= 4 is 0 Å². The fourth-order valence-electron chi connectivity index (χ4n) is 2.86. The lowest BCUT2D eigenvalue weighted by molar-refractivity contribution is 0.132. The normalized spacial score (nSPS) is 44.7. The summed E-state index contributed by atoms with van der Waals surface area (Å²) in [7, 11) is 2.31. The summed E-state index contributed by atoms with van der Waals surface area (Å²) < 4.78 is 0. The van der Waals surface area contributed by atoms with E-state index >= 15 is 0 Å². The van der Waals surface area contributed by atoms with Gasteiger partial charge in [-0.15, -0.1) is 0 Å². The van der Waals surface area contributed by atoms with Crippen LogP contribution in [0.1, 0.15) is 39.0 Å². The van der Waals surface area contributed by atoms with Gasteiger partial charge >= 0.3 is 0 Å². The van der Waals surface area contributed by atoms with Gasteiger partial charge in [-0.2, -0.15) is 0 Å². The molecule has 0 amide bonds. The molecule has 0 aromatic heterocycles. The van der Waals surface area contributed by atoms with Gasteiger partial charge in [-0.05, 0) is 38.6 Å². The van der Waals surface area contributed by atoms with Crippen molar-refractivity contribution < 1.29 is 0 Å². The van der Waals surface area contributed by atoms with Gasteiger partial charge in [0.15, 0.2) is 0 Å². The number of hydrogen-bond acceptors (Lipinski definition) is 1. The highest BCUT2D eigenvalue weighted by Crippen LogP contribution is 2.38. The van der Waals surface area contributed by atoms with E-state index in [0.29, 0.717) is 0 Å². The van der Waals surface area contributed by atoms with Gasteiger partial charge in [0.1, 0.15) is 0 Å². The van der Waals surface area contributed by atoms with E-state index in [9.17, 15) is 0 Å². The summed E-state index contributed by atoms with van der Waals surface area (Å²) in [6, 6.07) is 1.89. The summed E-state index contributed by atoms with van der Waals surface area (Å²) in [5.41, 5.74) is 0. The molecule has 2 aliphatic rings. The Bertz CT molecular complexity index is 130. The molecule has 0 aromatic rings. The van der Waals surface area contributed by atoms with Crippen molar-refractivity contribution in [2.45, 2.75) is 51.1 Å². The monoisotopic (exact) mass is 153 g/mol. The van der Waals surface area contributed by atoms with E-state index in [2.05, 4.69) is 18.9 Å². The van der Waals surface area contributed by atoms with E-state index in [0.717, 1.165) is 18.0 Å². The summed E-state index contributed by atoms with van der Waals surface area (Å²) in [5, 5.41) is 0. The van der Waals surface area contributed by atoms with Crippen LogP contribution in [0.3, 0.4) is 0 Å². The van der Waals surface area contributed by atoms with Crippen LogP contribution in [-0.4, -0.2) is 24.0 Å². The summed E-state index contributed by atoms with van der Waals surface area (Å²) >= 11 is 0. The van der Waals surface area contributed by atoms with Crippen LogP contribution < -0.4 is 0 Å². The molecule has 3 atom stereocenters. The van der Waals surface area contributed by atoms with Crippen molar-refractivity contribution in [2.75, 3.05) is 7.05 Å². The summed E-state index contributed by atoms with van der Waals surface area (Å²) in [6.07, 6.45) is 7.29. The molecule has 11 heavy (non-hydrogen) atoms. The van der Waals surface area contributed by atoms with Crippen LogP contribution >= 0.6 is 0 Å². The molecule has 1 nitrogen and oxygen atoms in total. The molecule has 0 aromatic carbocycles. The smallest absolute Gasteiger partial charge is 0.00983 e. The average molecular weight is 153 g/mol. The first-order valence-corrected chi connectivity index (χ1v) is 5.03. The third-order valence-corrected chi connectivity index (χ3v) is 3.77. The van der Waals surface area contributed by atoms with Crippen LogP contribution in [0, 0.1) is 5.92 Å². The number of piperidine rings is 1. The zero-order valence-corrected chi connectivity index (χ0v) is 7.71. The maximum atomic E-state index is 2.62. The Morgan fingerprint density at radius 1 is 1.18 bits per heavy atom. The lowest BCUT2D eigenvalue weighted by Crippen LogP contribution is -2.39. The Balaban J connectivity index is 2.02. The Kier molecular flexibility index (Phi) is 1.92. The van der Waals surface area contributed by atoms with E-state index < -0.39 is 0 Å². The van der Waals surface area contributed by atoms with Gasteiger partial charge in [0, 0.05) is 12.1 Å². The molecule has 2 saturated heterocycles. The molecule has 0 aliphatic carbocycles. The number of rotatable bonds is 1. The summed E-state index contributed by atoms with van der Waals surface area (Å²) in [5.74, 6) is 1.05. The van der Waals surface area contributed by atoms with Gasteiger partial charge in [-0.25, -0.2) is 0 Å². The molecule has 2 aliphatic heterocycles. The van der Waals surface area contributed by atoms with Crippen molar-refractivity contribution in [3.63, 3.8) is 0 Å². The van der Waals surface area contributed by atoms with Crippen LogP contribution in [0.4, 0.5) is 0 Å². The van der Waals surface area contributed by atoms with E-state index in [1.165, 1.54) is 32.1 Å². The molecule has 2 fully saturated rings. The van der Waals surface area contributed by atoms with E-state index in [-0.39, 0.29) is 0 Å². The van der Waals surface area contributed by atoms with Crippen LogP contribution in [0.15, 0.2) is 0 Å². The Labute approximate surface area is 69.8 Å². The second-order valence-electron chi connectivity index (χ2n) is 4.30. The maximum Gasteiger partial charge on any atom is 0.00983 e. The molecular formula is C10H19N. The largest absolute Gasteiger partial charge is 0.300 e. The minimum absolute atomic E-state index is 0.943. The van der Waals surface area contributed by atoms with Gasteiger partial charge in [-0.3, -0.25) is 0 Å². The first-order valence-electron chi connectivity index (χ1n) is 5.03. The SMILES string of the molecule is CC[C@H]1C[C@H]2CC[C@@H](C1)N2C. The molecule has 2 rings (SSSR count). The summed E-state index contributed by atoms with van der Waals surface area (Å²) in [4.78, 5) is 2.62. The molecule has 64 valence electrons. The van der Waals surface area contributed by atoms with Gasteiger partial charge in [0.05, 0.1) is 0 Å². The van der Waals surface area contributed by atoms with Crippen LogP contribution in [0.5, 0.6) is 0 Å². The van der Waals surface area contributed by atoms with Crippen molar-refractivity contribution in [1.29, 1.82) is 0 Å². The predicted molar refractivity (Wildman–Crippen MR) is 47.6 cm³/mol. The number of nitrogens with zero attached hydrogens (tertiary/aromatic N) is 1. The topological polar surface area (TPSA) is 3.24 Å². The molecule has 0 spiro atoms.